The van der Waals surface area contributed by atoms with E-state index in [-0.39, 0.29) is 0 Å². The quantitative estimate of drug-likeness (QED) is 0.766. The van der Waals surface area contributed by atoms with Gasteiger partial charge in [-0.1, -0.05) is 0 Å². The minimum absolute atomic E-state index is 0.292. The van der Waals surface area contributed by atoms with Crippen molar-refractivity contribution in [1.29, 1.82) is 5.26 Å². The average molecular weight is 218 g/mol. The Morgan fingerprint density at radius 1 is 1.69 bits per heavy atom. The number of nitrogens with one attached hydrogen (secondary N) is 2. The molecule has 1 aliphatic rings. The fraction of sp³-hybridized carbons (Fsp3) is 0.455. The number of morpholine rings is 1. The summed E-state index contributed by atoms with van der Waals surface area (Å²) in [6.45, 7) is 3.09. The number of nitriles is 1. The van der Waals surface area contributed by atoms with Crippen molar-refractivity contribution in [3.05, 3.63) is 24.0 Å². The molecular formula is C11H14N4O. The predicted molar refractivity (Wildman–Crippen MR) is 60.1 cm³/mol. The number of ether oxygens (including phenoxy) is 1. The average Bonchev–Trinajstić information content (AvgIpc) is 2.38. The van der Waals surface area contributed by atoms with Crippen molar-refractivity contribution in [1.82, 2.24) is 10.3 Å². The molecule has 1 aromatic heterocycles. The third kappa shape index (κ3) is 2.69. The number of anilines is 1. The minimum atomic E-state index is 0.292. The Morgan fingerprint density at radius 2 is 2.62 bits per heavy atom. The molecule has 0 aliphatic carbocycles. The van der Waals surface area contributed by atoms with Crippen LogP contribution in [0.2, 0.25) is 0 Å². The Labute approximate surface area is 94.4 Å². The number of hydrogen-bond donors (Lipinski definition) is 2. The zero-order chi connectivity index (χ0) is 11.2. The maximum absolute atomic E-state index is 8.90. The molecule has 1 saturated heterocycles. The van der Waals surface area contributed by atoms with Crippen molar-refractivity contribution in [2.45, 2.75) is 6.04 Å². The van der Waals surface area contributed by atoms with Gasteiger partial charge in [0.25, 0.3) is 0 Å². The highest BCUT2D eigenvalue weighted by Gasteiger charge is 2.12. The first-order valence-electron chi connectivity index (χ1n) is 5.29. The molecule has 2 N–H and O–H groups in total. The van der Waals surface area contributed by atoms with Crippen LogP contribution in [-0.2, 0) is 4.74 Å². The van der Waals surface area contributed by atoms with E-state index >= 15 is 0 Å². The van der Waals surface area contributed by atoms with Gasteiger partial charge in [0, 0.05) is 25.3 Å². The van der Waals surface area contributed by atoms with Gasteiger partial charge in [-0.05, 0) is 6.07 Å². The third-order valence-electron chi connectivity index (χ3n) is 2.48. The van der Waals surface area contributed by atoms with E-state index in [1.807, 2.05) is 0 Å². The van der Waals surface area contributed by atoms with Crippen LogP contribution in [0.3, 0.4) is 0 Å². The van der Waals surface area contributed by atoms with E-state index < -0.39 is 0 Å². The van der Waals surface area contributed by atoms with Crippen LogP contribution in [0.1, 0.15) is 5.56 Å². The molecule has 0 spiro atoms. The van der Waals surface area contributed by atoms with Gasteiger partial charge in [-0.3, -0.25) is 4.98 Å². The van der Waals surface area contributed by atoms with Crippen LogP contribution >= 0.6 is 0 Å². The molecule has 1 aliphatic heterocycles. The fourth-order valence-electron chi connectivity index (χ4n) is 1.62. The maximum Gasteiger partial charge on any atom is 0.101 e. The summed E-state index contributed by atoms with van der Waals surface area (Å²) in [4.78, 5) is 3.99. The molecule has 2 heterocycles. The first-order chi connectivity index (χ1) is 7.90. The molecule has 0 amide bonds. The Bertz CT molecular complexity index is 382. The van der Waals surface area contributed by atoms with Gasteiger partial charge in [0.1, 0.15) is 6.07 Å². The zero-order valence-electron chi connectivity index (χ0n) is 8.94. The van der Waals surface area contributed by atoms with Crippen LogP contribution in [0.25, 0.3) is 0 Å². The lowest BCUT2D eigenvalue weighted by Crippen LogP contribution is -2.45. The molecule has 1 atom stereocenters. The van der Waals surface area contributed by atoms with E-state index in [2.05, 4.69) is 21.7 Å². The van der Waals surface area contributed by atoms with Crippen LogP contribution in [0, 0.1) is 11.3 Å². The summed E-state index contributed by atoms with van der Waals surface area (Å²) in [5.41, 5.74) is 1.39. The monoisotopic (exact) mass is 218 g/mol. The summed E-state index contributed by atoms with van der Waals surface area (Å²) >= 11 is 0. The molecule has 5 nitrogen and oxygen atoms in total. The summed E-state index contributed by atoms with van der Waals surface area (Å²) in [7, 11) is 0. The summed E-state index contributed by atoms with van der Waals surface area (Å²) in [5.74, 6) is 0. The van der Waals surface area contributed by atoms with Gasteiger partial charge in [0.05, 0.1) is 30.7 Å². The first kappa shape index (κ1) is 10.9. The van der Waals surface area contributed by atoms with Crippen LogP contribution in [0.4, 0.5) is 5.69 Å². The summed E-state index contributed by atoms with van der Waals surface area (Å²) in [6, 6.07) is 4.12. The molecule has 84 valence electrons. The van der Waals surface area contributed by atoms with Crippen LogP contribution < -0.4 is 10.6 Å². The van der Waals surface area contributed by atoms with Crippen LogP contribution in [0.15, 0.2) is 18.5 Å². The van der Waals surface area contributed by atoms with Crippen molar-refractivity contribution in [3.8, 4) is 6.07 Å². The molecule has 0 bridgehead atoms. The van der Waals surface area contributed by atoms with E-state index in [4.69, 9.17) is 10.00 Å². The molecule has 0 aromatic carbocycles. The van der Waals surface area contributed by atoms with Gasteiger partial charge in [-0.2, -0.15) is 5.26 Å². The Hall–Kier alpha value is -1.64. The van der Waals surface area contributed by atoms with Crippen molar-refractivity contribution in [2.75, 3.05) is 31.6 Å². The lowest BCUT2D eigenvalue weighted by molar-refractivity contribution is 0.0806. The first-order valence-corrected chi connectivity index (χ1v) is 5.29. The lowest BCUT2D eigenvalue weighted by Gasteiger charge is -2.24. The summed E-state index contributed by atoms with van der Waals surface area (Å²) in [6.07, 6.45) is 3.29. The molecule has 0 saturated carbocycles. The van der Waals surface area contributed by atoms with Crippen molar-refractivity contribution < 1.29 is 4.74 Å². The molecule has 1 aromatic rings. The predicted octanol–water partition coefficient (Wildman–Crippen LogP) is 0.354. The largest absolute Gasteiger partial charge is 0.381 e. The zero-order valence-corrected chi connectivity index (χ0v) is 8.94. The molecule has 16 heavy (non-hydrogen) atoms. The van der Waals surface area contributed by atoms with Gasteiger partial charge in [-0.25, -0.2) is 0 Å². The van der Waals surface area contributed by atoms with Gasteiger partial charge in [0.15, 0.2) is 0 Å². The van der Waals surface area contributed by atoms with Crippen LogP contribution in [-0.4, -0.2) is 37.3 Å². The molecular weight excluding hydrogens is 204 g/mol. The summed E-state index contributed by atoms with van der Waals surface area (Å²) in [5, 5.41) is 15.4. The Balaban J connectivity index is 1.91. The Kier molecular flexibility index (Phi) is 3.70. The standard InChI is InChI=1S/C11H14N4O/c12-5-9-1-2-13-7-11(9)15-6-10-8-16-4-3-14-10/h1-2,7,10,14-15H,3-4,6,8H2. The number of rotatable bonds is 3. The highest BCUT2D eigenvalue weighted by molar-refractivity contribution is 5.55. The number of nitrogens with zero attached hydrogens (tertiary/aromatic N) is 2. The van der Waals surface area contributed by atoms with Crippen molar-refractivity contribution in [3.63, 3.8) is 0 Å². The smallest absolute Gasteiger partial charge is 0.101 e. The van der Waals surface area contributed by atoms with Gasteiger partial charge < -0.3 is 15.4 Å². The molecule has 1 fully saturated rings. The van der Waals surface area contributed by atoms with Gasteiger partial charge in [0.2, 0.25) is 0 Å². The highest BCUT2D eigenvalue weighted by Crippen LogP contribution is 2.11. The van der Waals surface area contributed by atoms with Crippen molar-refractivity contribution in [2.24, 2.45) is 0 Å². The Morgan fingerprint density at radius 3 is 3.38 bits per heavy atom. The molecule has 0 radical (unpaired) electrons. The number of pyridine rings is 1. The van der Waals surface area contributed by atoms with Crippen LogP contribution in [0.5, 0.6) is 0 Å². The molecule has 5 heteroatoms. The SMILES string of the molecule is N#Cc1ccncc1NCC1COCCN1. The van der Waals surface area contributed by atoms with E-state index in [0.29, 0.717) is 18.2 Å². The highest BCUT2D eigenvalue weighted by atomic mass is 16.5. The second-order valence-electron chi connectivity index (χ2n) is 3.64. The van der Waals surface area contributed by atoms with E-state index in [9.17, 15) is 0 Å². The molecule has 2 rings (SSSR count). The summed E-state index contributed by atoms with van der Waals surface area (Å²) < 4.78 is 5.34. The topological polar surface area (TPSA) is 70.0 Å². The van der Waals surface area contributed by atoms with E-state index in [0.717, 1.165) is 25.4 Å². The van der Waals surface area contributed by atoms with Crippen molar-refractivity contribution >= 4 is 5.69 Å². The molecule has 1 unspecified atom stereocenters. The lowest BCUT2D eigenvalue weighted by atomic mass is 10.2. The number of aromatic nitrogens is 1. The third-order valence-corrected chi connectivity index (χ3v) is 2.48. The maximum atomic E-state index is 8.90. The normalized spacial score (nSPS) is 20.1. The van der Waals surface area contributed by atoms with E-state index in [1.54, 1.807) is 18.5 Å². The second-order valence-corrected chi connectivity index (χ2v) is 3.64. The second kappa shape index (κ2) is 5.45. The van der Waals surface area contributed by atoms with Gasteiger partial charge in [-0.15, -0.1) is 0 Å². The van der Waals surface area contributed by atoms with Gasteiger partial charge >= 0.3 is 0 Å². The minimum Gasteiger partial charge on any atom is -0.381 e. The van der Waals surface area contributed by atoms with E-state index in [1.165, 1.54) is 0 Å². The fourth-order valence-corrected chi connectivity index (χ4v) is 1.62. The number of hydrogen-bond acceptors (Lipinski definition) is 5.